The van der Waals surface area contributed by atoms with Crippen molar-refractivity contribution < 1.29 is 5.11 Å². The van der Waals surface area contributed by atoms with E-state index in [1.54, 1.807) is 12.1 Å². The van der Waals surface area contributed by atoms with Crippen LogP contribution in [0, 0.1) is 6.92 Å². The number of nitrogens with one attached hydrogen (secondary N) is 2. The van der Waals surface area contributed by atoms with Crippen molar-refractivity contribution in [1.82, 2.24) is 10.6 Å². The molecule has 0 spiro atoms. The summed E-state index contributed by atoms with van der Waals surface area (Å²) in [4.78, 5) is 6.79. The molecular weight excluding hydrogens is 336 g/mol. The third-order valence-corrected chi connectivity index (χ3v) is 5.02. The Morgan fingerprint density at radius 1 is 1.15 bits per heavy atom. The lowest BCUT2D eigenvalue weighted by Crippen LogP contribution is -2.44. The molecule has 144 valence electrons. The number of phenolic OH excluding ortho intramolecular Hbond substituents is 1. The fraction of sp³-hybridized carbons (Fsp3) is 0.409. The van der Waals surface area contributed by atoms with Gasteiger partial charge in [0.25, 0.3) is 0 Å². The number of phenols is 1. The number of rotatable bonds is 6. The van der Waals surface area contributed by atoms with Crippen LogP contribution in [0.1, 0.15) is 24.0 Å². The number of hydrogen-bond acceptors (Lipinski definition) is 3. The molecule has 3 N–H and O–H groups in total. The number of aromatic hydroxyl groups is 1. The number of aliphatic imine (C=N–C) groups is 1. The second-order valence-electron chi connectivity index (χ2n) is 7.18. The predicted molar refractivity (Wildman–Crippen MR) is 113 cm³/mol. The van der Waals surface area contributed by atoms with E-state index in [1.807, 2.05) is 19.2 Å². The van der Waals surface area contributed by atoms with Gasteiger partial charge in [0, 0.05) is 38.4 Å². The molecule has 0 radical (unpaired) electrons. The first-order chi connectivity index (χ1) is 13.1. The van der Waals surface area contributed by atoms with Gasteiger partial charge < -0.3 is 20.6 Å². The van der Waals surface area contributed by atoms with Gasteiger partial charge in [-0.3, -0.25) is 4.99 Å². The molecule has 1 unspecified atom stereocenters. The molecule has 1 fully saturated rings. The summed E-state index contributed by atoms with van der Waals surface area (Å²) < 4.78 is 0. The van der Waals surface area contributed by atoms with Crippen molar-refractivity contribution in [2.24, 2.45) is 4.99 Å². The van der Waals surface area contributed by atoms with Crippen LogP contribution in [0.25, 0.3) is 0 Å². The molecule has 27 heavy (non-hydrogen) atoms. The quantitative estimate of drug-likeness (QED) is 0.418. The maximum absolute atomic E-state index is 9.33. The number of anilines is 1. The standard InChI is InChI=1S/C22H30N4O/c1-17-5-9-20(10-6-17)26-15-13-19(16-26)25-22(23-2)24-14-3-4-18-7-11-21(27)12-8-18/h5-12,19,27H,3-4,13-16H2,1-2H3,(H2,23,24,25). The number of nitrogens with zero attached hydrogens (tertiary/aromatic N) is 2. The molecule has 1 heterocycles. The van der Waals surface area contributed by atoms with Crippen molar-refractivity contribution in [3.8, 4) is 5.75 Å². The predicted octanol–water partition coefficient (Wildman–Crippen LogP) is 3.08. The Balaban J connectivity index is 1.40. The minimum atomic E-state index is 0.317. The fourth-order valence-corrected chi connectivity index (χ4v) is 3.42. The minimum Gasteiger partial charge on any atom is -0.508 e. The zero-order chi connectivity index (χ0) is 19.1. The summed E-state index contributed by atoms with van der Waals surface area (Å²) in [7, 11) is 1.82. The number of hydrogen-bond donors (Lipinski definition) is 3. The first kappa shape index (κ1) is 19.1. The second kappa shape index (κ2) is 9.31. The van der Waals surface area contributed by atoms with Gasteiger partial charge in [0.1, 0.15) is 5.75 Å². The Morgan fingerprint density at radius 3 is 2.59 bits per heavy atom. The number of guanidine groups is 1. The van der Waals surface area contributed by atoms with Crippen LogP contribution in [0.2, 0.25) is 0 Å². The van der Waals surface area contributed by atoms with Crippen LogP contribution in [0.5, 0.6) is 5.75 Å². The Labute approximate surface area is 162 Å². The van der Waals surface area contributed by atoms with Crippen LogP contribution in [0.15, 0.2) is 53.5 Å². The average molecular weight is 367 g/mol. The SMILES string of the molecule is CN=C(NCCCc1ccc(O)cc1)NC1CCN(c2ccc(C)cc2)C1. The van der Waals surface area contributed by atoms with E-state index >= 15 is 0 Å². The van der Waals surface area contributed by atoms with Crippen molar-refractivity contribution in [3.05, 3.63) is 59.7 Å². The van der Waals surface area contributed by atoms with Crippen LogP contribution in [0.3, 0.4) is 0 Å². The normalized spacial score (nSPS) is 17.2. The van der Waals surface area contributed by atoms with E-state index in [2.05, 4.69) is 51.7 Å². The lowest BCUT2D eigenvalue weighted by molar-refractivity contribution is 0.475. The Kier molecular flexibility index (Phi) is 6.58. The van der Waals surface area contributed by atoms with Crippen LogP contribution in [0.4, 0.5) is 5.69 Å². The molecule has 5 heteroatoms. The third-order valence-electron chi connectivity index (χ3n) is 5.02. The number of aryl methyl sites for hydroxylation is 2. The highest BCUT2D eigenvalue weighted by Gasteiger charge is 2.23. The molecule has 0 amide bonds. The molecule has 0 bridgehead atoms. The van der Waals surface area contributed by atoms with Crippen molar-refractivity contribution >= 4 is 11.6 Å². The smallest absolute Gasteiger partial charge is 0.191 e. The highest BCUT2D eigenvalue weighted by molar-refractivity contribution is 5.80. The average Bonchev–Trinajstić information content (AvgIpc) is 3.14. The lowest BCUT2D eigenvalue weighted by atomic mass is 10.1. The Hall–Kier alpha value is -2.69. The molecule has 0 saturated carbocycles. The summed E-state index contributed by atoms with van der Waals surface area (Å²) in [6.45, 7) is 5.06. The maximum Gasteiger partial charge on any atom is 0.191 e. The minimum absolute atomic E-state index is 0.317. The molecule has 0 aliphatic carbocycles. The van der Waals surface area contributed by atoms with Crippen LogP contribution >= 0.6 is 0 Å². The van der Waals surface area contributed by atoms with E-state index in [4.69, 9.17) is 0 Å². The Morgan fingerprint density at radius 2 is 1.89 bits per heavy atom. The summed E-state index contributed by atoms with van der Waals surface area (Å²) in [6.07, 6.45) is 3.11. The van der Waals surface area contributed by atoms with Crippen molar-refractivity contribution in [2.75, 3.05) is 31.6 Å². The molecule has 2 aromatic rings. The van der Waals surface area contributed by atoms with Crippen LogP contribution < -0.4 is 15.5 Å². The first-order valence-corrected chi connectivity index (χ1v) is 9.71. The highest BCUT2D eigenvalue weighted by Crippen LogP contribution is 2.20. The summed E-state index contributed by atoms with van der Waals surface area (Å²) in [5.41, 5.74) is 3.83. The van der Waals surface area contributed by atoms with E-state index in [1.165, 1.54) is 16.8 Å². The first-order valence-electron chi connectivity index (χ1n) is 9.71. The van der Waals surface area contributed by atoms with Gasteiger partial charge in [-0.2, -0.15) is 0 Å². The van der Waals surface area contributed by atoms with Gasteiger partial charge in [-0.05, 0) is 56.0 Å². The topological polar surface area (TPSA) is 59.9 Å². The van der Waals surface area contributed by atoms with Crippen molar-refractivity contribution in [1.29, 1.82) is 0 Å². The summed E-state index contributed by atoms with van der Waals surface area (Å²) in [5.74, 6) is 1.19. The maximum atomic E-state index is 9.33. The highest BCUT2D eigenvalue weighted by atomic mass is 16.3. The van der Waals surface area contributed by atoms with E-state index in [0.29, 0.717) is 11.8 Å². The molecule has 2 aromatic carbocycles. The monoisotopic (exact) mass is 366 g/mol. The zero-order valence-electron chi connectivity index (χ0n) is 16.3. The number of benzene rings is 2. The van der Waals surface area contributed by atoms with E-state index < -0.39 is 0 Å². The fourth-order valence-electron chi connectivity index (χ4n) is 3.42. The summed E-state index contributed by atoms with van der Waals surface area (Å²) >= 11 is 0. The van der Waals surface area contributed by atoms with Gasteiger partial charge in [0.05, 0.1) is 0 Å². The van der Waals surface area contributed by atoms with Gasteiger partial charge in [0.2, 0.25) is 0 Å². The molecule has 1 aliphatic heterocycles. The van der Waals surface area contributed by atoms with Gasteiger partial charge in [-0.1, -0.05) is 29.8 Å². The molecule has 1 aliphatic rings. The molecule has 3 rings (SSSR count). The zero-order valence-corrected chi connectivity index (χ0v) is 16.3. The van der Waals surface area contributed by atoms with Gasteiger partial charge in [-0.25, -0.2) is 0 Å². The van der Waals surface area contributed by atoms with Gasteiger partial charge >= 0.3 is 0 Å². The second-order valence-corrected chi connectivity index (χ2v) is 7.18. The lowest BCUT2D eigenvalue weighted by Gasteiger charge is -2.20. The van der Waals surface area contributed by atoms with Crippen molar-refractivity contribution in [2.45, 2.75) is 32.2 Å². The van der Waals surface area contributed by atoms with Gasteiger partial charge in [-0.15, -0.1) is 0 Å². The molecule has 1 atom stereocenters. The summed E-state index contributed by atoms with van der Waals surface area (Å²) in [6, 6.07) is 16.6. The largest absolute Gasteiger partial charge is 0.508 e. The molecule has 5 nitrogen and oxygen atoms in total. The van der Waals surface area contributed by atoms with E-state index in [0.717, 1.165) is 44.9 Å². The van der Waals surface area contributed by atoms with Crippen LogP contribution in [-0.2, 0) is 6.42 Å². The third kappa shape index (κ3) is 5.64. The molecule has 0 aromatic heterocycles. The van der Waals surface area contributed by atoms with E-state index in [-0.39, 0.29) is 0 Å². The van der Waals surface area contributed by atoms with Gasteiger partial charge in [0.15, 0.2) is 5.96 Å². The molecule has 1 saturated heterocycles. The van der Waals surface area contributed by atoms with Crippen molar-refractivity contribution in [3.63, 3.8) is 0 Å². The Bertz CT molecular complexity index is 740. The summed E-state index contributed by atoms with van der Waals surface area (Å²) in [5, 5.41) is 16.3. The van der Waals surface area contributed by atoms with E-state index in [9.17, 15) is 5.11 Å². The molecular formula is C22H30N4O. The van der Waals surface area contributed by atoms with Crippen LogP contribution in [-0.4, -0.2) is 43.8 Å².